The van der Waals surface area contributed by atoms with Crippen LogP contribution < -0.4 is 0 Å². The molecule has 2 aromatic carbocycles. The van der Waals surface area contributed by atoms with Crippen LogP contribution in [0.2, 0.25) is 0 Å². The molecule has 2 nitrogen and oxygen atoms in total. The Kier molecular flexibility index (Phi) is 3.15. The molecule has 100 valence electrons. The molecule has 0 aliphatic heterocycles. The Balaban J connectivity index is 2.01. The van der Waals surface area contributed by atoms with Gasteiger partial charge in [0.2, 0.25) is 0 Å². The zero-order valence-corrected chi connectivity index (χ0v) is 11.1. The van der Waals surface area contributed by atoms with Gasteiger partial charge in [0.1, 0.15) is 0 Å². The summed E-state index contributed by atoms with van der Waals surface area (Å²) in [4.78, 5) is 10.7. The van der Waals surface area contributed by atoms with Crippen molar-refractivity contribution in [1.82, 2.24) is 0 Å². The van der Waals surface area contributed by atoms with Gasteiger partial charge >= 0.3 is 5.97 Å². The Bertz CT molecular complexity index is 589. The number of hydrogen-bond donors (Lipinski definition) is 1. The molecule has 1 fully saturated rings. The van der Waals surface area contributed by atoms with Gasteiger partial charge in [0.05, 0.1) is 0 Å². The van der Waals surface area contributed by atoms with Gasteiger partial charge in [-0.25, -0.2) is 4.79 Å². The molecule has 0 saturated heterocycles. The Labute approximate surface area is 118 Å². The number of aliphatic carboxylic acids is 1. The van der Waals surface area contributed by atoms with Crippen molar-refractivity contribution >= 4 is 5.97 Å². The lowest BCUT2D eigenvalue weighted by Gasteiger charge is -2.18. The molecule has 1 N–H and O–H groups in total. The predicted octanol–water partition coefficient (Wildman–Crippen LogP) is 3.63. The minimum atomic E-state index is -0.882. The summed E-state index contributed by atoms with van der Waals surface area (Å²) in [5.74, 6) is -0.629. The zero-order valence-electron chi connectivity index (χ0n) is 11.1. The average molecular weight is 264 g/mol. The van der Waals surface area contributed by atoms with Crippen LogP contribution in [0, 0.1) is 5.92 Å². The lowest BCUT2D eigenvalue weighted by molar-refractivity contribution is -0.131. The highest BCUT2D eigenvalue weighted by atomic mass is 16.4. The summed E-state index contributed by atoms with van der Waals surface area (Å²) in [5, 5.41) is 8.81. The first-order chi connectivity index (χ1) is 9.73. The van der Waals surface area contributed by atoms with Crippen molar-refractivity contribution < 1.29 is 9.90 Å². The van der Waals surface area contributed by atoms with Crippen molar-refractivity contribution in [3.05, 3.63) is 83.9 Å². The van der Waals surface area contributed by atoms with E-state index in [0.29, 0.717) is 0 Å². The monoisotopic (exact) mass is 264 g/mol. The van der Waals surface area contributed by atoms with Crippen LogP contribution in [0.3, 0.4) is 0 Å². The fourth-order valence-corrected chi connectivity index (χ4v) is 3.02. The van der Waals surface area contributed by atoms with Gasteiger partial charge in [0, 0.05) is 11.5 Å². The van der Waals surface area contributed by atoms with Crippen molar-refractivity contribution in [3.8, 4) is 0 Å². The van der Waals surface area contributed by atoms with Crippen LogP contribution in [0.5, 0.6) is 0 Å². The fraction of sp³-hybridized carbons (Fsp3) is 0.167. The number of benzene rings is 2. The normalized spacial score (nSPS) is 19.9. The van der Waals surface area contributed by atoms with Crippen LogP contribution in [0.1, 0.15) is 17.5 Å². The summed E-state index contributed by atoms with van der Waals surface area (Å²) >= 11 is 0. The van der Waals surface area contributed by atoms with E-state index in [1.54, 1.807) is 0 Å². The summed E-state index contributed by atoms with van der Waals surface area (Å²) in [6.45, 7) is 0. The standard InChI is InChI=1S/C18H16O2/c19-17(20)12-11-16-13-18(16,14-7-3-1-4-8-14)15-9-5-2-6-10-15/h1-12,16H,13H2,(H,19,20). The van der Waals surface area contributed by atoms with Crippen LogP contribution in [-0.2, 0) is 10.2 Å². The Morgan fingerprint density at radius 2 is 1.50 bits per heavy atom. The summed E-state index contributed by atoms with van der Waals surface area (Å²) in [5.41, 5.74) is 2.45. The first kappa shape index (κ1) is 12.7. The predicted molar refractivity (Wildman–Crippen MR) is 78.5 cm³/mol. The molecule has 0 bridgehead atoms. The van der Waals surface area contributed by atoms with Gasteiger partial charge in [-0.3, -0.25) is 0 Å². The lowest BCUT2D eigenvalue weighted by Crippen LogP contribution is -2.11. The molecule has 0 heterocycles. The smallest absolute Gasteiger partial charge is 0.327 e. The van der Waals surface area contributed by atoms with Gasteiger partial charge in [0.15, 0.2) is 0 Å². The second kappa shape index (κ2) is 4.97. The van der Waals surface area contributed by atoms with Gasteiger partial charge in [-0.2, -0.15) is 0 Å². The molecule has 1 aliphatic rings. The van der Waals surface area contributed by atoms with Crippen molar-refractivity contribution in [2.75, 3.05) is 0 Å². The van der Waals surface area contributed by atoms with Crippen LogP contribution in [0.15, 0.2) is 72.8 Å². The number of carbonyl (C=O) groups is 1. The molecular formula is C18H16O2. The minimum Gasteiger partial charge on any atom is -0.478 e. The third kappa shape index (κ3) is 2.14. The van der Waals surface area contributed by atoms with E-state index in [-0.39, 0.29) is 11.3 Å². The van der Waals surface area contributed by atoms with Crippen LogP contribution in [-0.4, -0.2) is 11.1 Å². The van der Waals surface area contributed by atoms with Gasteiger partial charge in [0.25, 0.3) is 0 Å². The second-order valence-corrected chi connectivity index (χ2v) is 5.21. The molecule has 1 unspecified atom stereocenters. The SMILES string of the molecule is O=C(O)C=CC1CC1(c1ccccc1)c1ccccc1. The first-order valence-corrected chi connectivity index (χ1v) is 6.75. The van der Waals surface area contributed by atoms with E-state index in [2.05, 4.69) is 24.3 Å². The zero-order chi connectivity index (χ0) is 14.0. The molecule has 0 amide bonds. The highest BCUT2D eigenvalue weighted by Crippen LogP contribution is 2.59. The molecule has 2 heteroatoms. The maximum Gasteiger partial charge on any atom is 0.327 e. The van der Waals surface area contributed by atoms with Crippen molar-refractivity contribution in [2.24, 2.45) is 5.92 Å². The number of hydrogen-bond acceptors (Lipinski definition) is 1. The maximum absolute atomic E-state index is 10.7. The molecule has 1 atom stereocenters. The largest absolute Gasteiger partial charge is 0.478 e. The Morgan fingerprint density at radius 1 is 1.00 bits per heavy atom. The van der Waals surface area contributed by atoms with E-state index in [9.17, 15) is 4.79 Å². The molecule has 20 heavy (non-hydrogen) atoms. The van der Waals surface area contributed by atoms with Gasteiger partial charge in [-0.05, 0) is 23.5 Å². The molecular weight excluding hydrogens is 248 g/mol. The van der Waals surface area contributed by atoms with Gasteiger partial charge < -0.3 is 5.11 Å². The van der Waals surface area contributed by atoms with Crippen LogP contribution in [0.4, 0.5) is 0 Å². The molecule has 1 aliphatic carbocycles. The third-order valence-corrected chi connectivity index (χ3v) is 4.06. The third-order valence-electron chi connectivity index (χ3n) is 4.06. The van der Waals surface area contributed by atoms with E-state index in [0.717, 1.165) is 6.42 Å². The van der Waals surface area contributed by atoms with Gasteiger partial charge in [-0.1, -0.05) is 66.7 Å². The maximum atomic E-state index is 10.7. The van der Waals surface area contributed by atoms with Crippen molar-refractivity contribution in [3.63, 3.8) is 0 Å². The minimum absolute atomic E-state index is 0.0610. The molecule has 1 saturated carbocycles. The summed E-state index contributed by atoms with van der Waals surface area (Å²) in [7, 11) is 0. The first-order valence-electron chi connectivity index (χ1n) is 6.75. The summed E-state index contributed by atoms with van der Waals surface area (Å²) < 4.78 is 0. The van der Waals surface area contributed by atoms with Crippen LogP contribution in [0.25, 0.3) is 0 Å². The highest BCUT2D eigenvalue weighted by Gasteiger charge is 2.54. The summed E-state index contributed by atoms with van der Waals surface area (Å²) in [6.07, 6.45) is 4.05. The van der Waals surface area contributed by atoms with E-state index in [4.69, 9.17) is 5.11 Å². The number of allylic oxidation sites excluding steroid dienone is 1. The van der Waals surface area contributed by atoms with E-state index >= 15 is 0 Å². The molecule has 0 radical (unpaired) electrons. The molecule has 3 rings (SSSR count). The molecule has 0 aromatic heterocycles. The second-order valence-electron chi connectivity index (χ2n) is 5.21. The molecule has 2 aromatic rings. The number of carboxylic acid groups (broad SMARTS) is 1. The Morgan fingerprint density at radius 3 is 1.95 bits per heavy atom. The summed E-state index contributed by atoms with van der Waals surface area (Å²) in [6, 6.07) is 20.7. The van der Waals surface area contributed by atoms with E-state index in [1.807, 2.05) is 42.5 Å². The van der Waals surface area contributed by atoms with Gasteiger partial charge in [-0.15, -0.1) is 0 Å². The number of rotatable bonds is 4. The van der Waals surface area contributed by atoms with Crippen molar-refractivity contribution in [1.29, 1.82) is 0 Å². The van der Waals surface area contributed by atoms with Crippen LogP contribution >= 0.6 is 0 Å². The fourth-order valence-electron chi connectivity index (χ4n) is 3.02. The number of carboxylic acids is 1. The van der Waals surface area contributed by atoms with Crippen molar-refractivity contribution in [2.45, 2.75) is 11.8 Å². The quantitative estimate of drug-likeness (QED) is 0.856. The highest BCUT2D eigenvalue weighted by molar-refractivity contribution is 5.80. The molecule has 0 spiro atoms. The lowest BCUT2D eigenvalue weighted by atomic mass is 9.85. The Hall–Kier alpha value is -2.35. The van der Waals surface area contributed by atoms with E-state index < -0.39 is 5.97 Å². The average Bonchev–Trinajstić information content (AvgIpc) is 3.23. The topological polar surface area (TPSA) is 37.3 Å². The van der Waals surface area contributed by atoms with E-state index in [1.165, 1.54) is 17.2 Å².